The summed E-state index contributed by atoms with van der Waals surface area (Å²) in [6, 6.07) is 6.05. The molecule has 0 radical (unpaired) electrons. The summed E-state index contributed by atoms with van der Waals surface area (Å²) in [5.74, 6) is 1.30. The number of hydrogen-bond donors (Lipinski definition) is 0. The molecule has 0 saturated heterocycles. The number of methoxy groups -OCH3 is 2. The van der Waals surface area contributed by atoms with Gasteiger partial charge >= 0.3 is 0 Å². The summed E-state index contributed by atoms with van der Waals surface area (Å²) in [6.07, 6.45) is 3.08. The highest BCUT2D eigenvalue weighted by molar-refractivity contribution is 5.93. The summed E-state index contributed by atoms with van der Waals surface area (Å²) < 4.78 is 10.7. The lowest BCUT2D eigenvalue weighted by Gasteiger charge is -2.14. The van der Waals surface area contributed by atoms with E-state index in [1.807, 2.05) is 19.1 Å². The maximum atomic E-state index is 9.41. The Morgan fingerprint density at radius 1 is 1.14 bits per heavy atom. The van der Waals surface area contributed by atoms with E-state index in [4.69, 9.17) is 9.47 Å². The average Bonchev–Trinajstić information content (AvgIpc) is 2.51. The van der Waals surface area contributed by atoms with Crippen LogP contribution in [0.15, 0.2) is 12.1 Å². The lowest BCUT2D eigenvalue weighted by molar-refractivity contribution is 0.356. The molecule has 0 aliphatic carbocycles. The molecule has 0 fully saturated rings. The van der Waals surface area contributed by atoms with Gasteiger partial charge < -0.3 is 9.47 Å². The smallest absolute Gasteiger partial charge is 0.161 e. The van der Waals surface area contributed by atoms with Crippen molar-refractivity contribution < 1.29 is 9.47 Å². The van der Waals surface area contributed by atoms with Gasteiger partial charge in [0.25, 0.3) is 0 Å². The third-order valence-corrected chi connectivity index (χ3v) is 3.65. The minimum Gasteiger partial charge on any atom is -0.493 e. The monoisotopic (exact) mass is 284 g/mol. The minimum atomic E-state index is 0.603. The predicted octanol–water partition coefficient (Wildman–Crippen LogP) is 3.77. The molecule has 0 saturated carbocycles. The van der Waals surface area contributed by atoms with Crippen LogP contribution in [-0.2, 0) is 6.42 Å². The van der Waals surface area contributed by atoms with Crippen molar-refractivity contribution in [2.24, 2.45) is 0 Å². The standard InChI is InChI=1S/C17H20N2O2/c1-5-6-7-15-13-9-17(21-4)16(20-3)8-12(13)14(10-18)11(2)19-15/h8-9H,5-7H2,1-4H3. The molecule has 110 valence electrons. The molecular formula is C17H20N2O2. The van der Waals surface area contributed by atoms with Gasteiger partial charge in [0, 0.05) is 16.5 Å². The maximum Gasteiger partial charge on any atom is 0.161 e. The molecule has 2 aromatic rings. The molecule has 1 aromatic heterocycles. The molecule has 0 aliphatic rings. The Balaban J connectivity index is 2.78. The van der Waals surface area contributed by atoms with Crippen LogP contribution in [0.1, 0.15) is 36.7 Å². The van der Waals surface area contributed by atoms with E-state index >= 15 is 0 Å². The third-order valence-electron chi connectivity index (χ3n) is 3.65. The van der Waals surface area contributed by atoms with Gasteiger partial charge in [0.15, 0.2) is 11.5 Å². The van der Waals surface area contributed by atoms with Gasteiger partial charge in [0.1, 0.15) is 6.07 Å². The first-order valence-corrected chi connectivity index (χ1v) is 7.11. The molecule has 1 aromatic carbocycles. The molecule has 1 heterocycles. The van der Waals surface area contributed by atoms with Crippen LogP contribution in [0.3, 0.4) is 0 Å². The van der Waals surface area contributed by atoms with Crippen molar-refractivity contribution in [2.75, 3.05) is 14.2 Å². The van der Waals surface area contributed by atoms with Crippen molar-refractivity contribution in [3.05, 3.63) is 29.1 Å². The highest BCUT2D eigenvalue weighted by Gasteiger charge is 2.15. The molecule has 4 heteroatoms. The summed E-state index contributed by atoms with van der Waals surface area (Å²) in [6.45, 7) is 4.03. The number of aryl methyl sites for hydroxylation is 2. The van der Waals surface area contributed by atoms with E-state index in [-0.39, 0.29) is 0 Å². The third kappa shape index (κ3) is 2.78. The number of fused-ring (bicyclic) bond motifs is 1. The van der Waals surface area contributed by atoms with Crippen LogP contribution in [0, 0.1) is 18.3 Å². The first kappa shape index (κ1) is 15.1. The van der Waals surface area contributed by atoms with Crippen LogP contribution in [0.25, 0.3) is 10.8 Å². The fourth-order valence-electron chi connectivity index (χ4n) is 2.51. The number of pyridine rings is 1. The van der Waals surface area contributed by atoms with Crippen molar-refractivity contribution in [1.29, 1.82) is 5.26 Å². The van der Waals surface area contributed by atoms with Gasteiger partial charge in [-0.25, -0.2) is 0 Å². The average molecular weight is 284 g/mol. The molecular weight excluding hydrogens is 264 g/mol. The molecule has 0 unspecified atom stereocenters. The van der Waals surface area contributed by atoms with Crippen LogP contribution in [0.4, 0.5) is 0 Å². The van der Waals surface area contributed by atoms with Crippen LogP contribution < -0.4 is 9.47 Å². The zero-order chi connectivity index (χ0) is 15.4. The van der Waals surface area contributed by atoms with E-state index in [2.05, 4.69) is 18.0 Å². The molecule has 2 rings (SSSR count). The van der Waals surface area contributed by atoms with Gasteiger partial charge in [-0.2, -0.15) is 5.26 Å². The van der Waals surface area contributed by atoms with Gasteiger partial charge in [0.2, 0.25) is 0 Å². The van der Waals surface area contributed by atoms with Gasteiger partial charge in [-0.15, -0.1) is 0 Å². The highest BCUT2D eigenvalue weighted by atomic mass is 16.5. The quantitative estimate of drug-likeness (QED) is 0.838. The summed E-state index contributed by atoms with van der Waals surface area (Å²) >= 11 is 0. The Hall–Kier alpha value is -2.28. The fraction of sp³-hybridized carbons (Fsp3) is 0.412. The van der Waals surface area contributed by atoms with Crippen molar-refractivity contribution >= 4 is 10.8 Å². The molecule has 21 heavy (non-hydrogen) atoms. The van der Waals surface area contributed by atoms with Gasteiger partial charge in [-0.05, 0) is 31.9 Å². The Kier molecular flexibility index (Phi) is 4.64. The largest absolute Gasteiger partial charge is 0.493 e. The van der Waals surface area contributed by atoms with Gasteiger partial charge in [-0.1, -0.05) is 13.3 Å². The lowest BCUT2D eigenvalue weighted by Crippen LogP contribution is -2.00. The van der Waals surface area contributed by atoms with Crippen molar-refractivity contribution in [3.8, 4) is 17.6 Å². The number of aromatic nitrogens is 1. The van der Waals surface area contributed by atoms with E-state index in [0.29, 0.717) is 17.1 Å². The summed E-state index contributed by atoms with van der Waals surface area (Å²) in [5.41, 5.74) is 2.39. The van der Waals surface area contributed by atoms with E-state index in [0.717, 1.165) is 41.4 Å². The molecule has 0 bridgehead atoms. The summed E-state index contributed by atoms with van der Waals surface area (Å²) in [5, 5.41) is 11.3. The first-order chi connectivity index (χ1) is 10.2. The summed E-state index contributed by atoms with van der Waals surface area (Å²) in [4.78, 5) is 4.62. The van der Waals surface area contributed by atoms with Crippen molar-refractivity contribution in [2.45, 2.75) is 33.1 Å². The molecule has 0 spiro atoms. The maximum absolute atomic E-state index is 9.41. The molecule has 4 nitrogen and oxygen atoms in total. The Bertz CT molecular complexity index is 702. The molecule has 0 atom stereocenters. The second kappa shape index (κ2) is 6.45. The molecule has 0 amide bonds. The number of hydrogen-bond acceptors (Lipinski definition) is 4. The Labute approximate surface area is 125 Å². The Morgan fingerprint density at radius 2 is 1.76 bits per heavy atom. The zero-order valence-corrected chi connectivity index (χ0v) is 13.0. The van der Waals surface area contributed by atoms with E-state index in [1.165, 1.54) is 0 Å². The normalized spacial score (nSPS) is 10.4. The SMILES string of the molecule is CCCCc1nc(C)c(C#N)c2cc(OC)c(OC)cc12. The topological polar surface area (TPSA) is 55.1 Å². The Morgan fingerprint density at radius 3 is 2.29 bits per heavy atom. The van der Waals surface area contributed by atoms with E-state index in [9.17, 15) is 5.26 Å². The number of unbranched alkanes of at least 4 members (excludes halogenated alkanes) is 1. The van der Waals surface area contributed by atoms with E-state index in [1.54, 1.807) is 14.2 Å². The highest BCUT2D eigenvalue weighted by Crippen LogP contribution is 2.35. The van der Waals surface area contributed by atoms with Crippen LogP contribution >= 0.6 is 0 Å². The second-order valence-electron chi connectivity index (χ2n) is 4.99. The lowest BCUT2D eigenvalue weighted by atomic mass is 9.99. The van der Waals surface area contributed by atoms with Gasteiger partial charge in [0.05, 0.1) is 25.5 Å². The first-order valence-electron chi connectivity index (χ1n) is 7.11. The number of benzene rings is 1. The van der Waals surface area contributed by atoms with Crippen LogP contribution in [0.2, 0.25) is 0 Å². The second-order valence-corrected chi connectivity index (χ2v) is 4.99. The van der Waals surface area contributed by atoms with Crippen molar-refractivity contribution in [3.63, 3.8) is 0 Å². The molecule has 0 N–H and O–H groups in total. The fourth-order valence-corrected chi connectivity index (χ4v) is 2.51. The van der Waals surface area contributed by atoms with Crippen LogP contribution in [0.5, 0.6) is 11.5 Å². The van der Waals surface area contributed by atoms with Crippen LogP contribution in [-0.4, -0.2) is 19.2 Å². The zero-order valence-electron chi connectivity index (χ0n) is 13.0. The van der Waals surface area contributed by atoms with Gasteiger partial charge in [-0.3, -0.25) is 4.98 Å². The van der Waals surface area contributed by atoms with Crippen molar-refractivity contribution in [1.82, 2.24) is 4.98 Å². The number of nitriles is 1. The minimum absolute atomic E-state index is 0.603. The molecule has 0 aliphatic heterocycles. The summed E-state index contributed by atoms with van der Waals surface area (Å²) in [7, 11) is 3.21. The predicted molar refractivity (Wildman–Crippen MR) is 82.9 cm³/mol. The van der Waals surface area contributed by atoms with E-state index < -0.39 is 0 Å². The number of nitrogens with zero attached hydrogens (tertiary/aromatic N) is 2. The number of ether oxygens (including phenoxy) is 2. The number of rotatable bonds is 5.